The highest BCUT2D eigenvalue weighted by Crippen LogP contribution is 2.17. The lowest BCUT2D eigenvalue weighted by Gasteiger charge is -2.40. The van der Waals surface area contributed by atoms with Gasteiger partial charge in [0, 0.05) is 19.1 Å². The zero-order valence-electron chi connectivity index (χ0n) is 14.8. The minimum absolute atomic E-state index is 0.164. The third-order valence-corrected chi connectivity index (χ3v) is 4.26. The van der Waals surface area contributed by atoms with Crippen LogP contribution in [0.15, 0.2) is 4.99 Å². The van der Waals surface area contributed by atoms with E-state index in [9.17, 15) is 4.79 Å². The normalized spacial score (nSPS) is 23.7. The van der Waals surface area contributed by atoms with Crippen LogP contribution in [-0.2, 0) is 4.74 Å². The van der Waals surface area contributed by atoms with E-state index < -0.39 is 5.60 Å². The molecule has 2 aliphatic rings. The van der Waals surface area contributed by atoms with Gasteiger partial charge in [-0.25, -0.2) is 4.79 Å². The van der Waals surface area contributed by atoms with Crippen LogP contribution in [0.3, 0.4) is 0 Å². The summed E-state index contributed by atoms with van der Waals surface area (Å²) < 4.78 is 5.33. The van der Waals surface area contributed by atoms with E-state index >= 15 is 0 Å². The number of nitrogens with two attached hydrogens (primary N) is 1. The van der Waals surface area contributed by atoms with Crippen LogP contribution in [0.5, 0.6) is 0 Å². The molecule has 1 amide bonds. The number of ether oxygens (including phenoxy) is 1. The molecule has 3 N–H and O–H groups in total. The number of nitrogens with zero attached hydrogens (tertiary/aromatic N) is 3. The molecule has 7 heteroatoms. The molecule has 0 aromatic heterocycles. The van der Waals surface area contributed by atoms with E-state index in [2.05, 4.69) is 22.1 Å². The number of aliphatic imine (C=N–C) groups is 1. The Hall–Kier alpha value is -1.50. The number of nitrogens with one attached hydrogen (secondary N) is 1. The molecule has 0 bridgehead atoms. The van der Waals surface area contributed by atoms with E-state index in [0.29, 0.717) is 25.1 Å². The van der Waals surface area contributed by atoms with E-state index in [1.54, 1.807) is 4.90 Å². The van der Waals surface area contributed by atoms with Gasteiger partial charge in [0.15, 0.2) is 5.96 Å². The summed E-state index contributed by atoms with van der Waals surface area (Å²) in [6.07, 6.45) is 2.17. The molecule has 0 aliphatic carbocycles. The zero-order valence-corrected chi connectivity index (χ0v) is 14.8. The van der Waals surface area contributed by atoms with Crippen molar-refractivity contribution in [1.82, 2.24) is 15.1 Å². The van der Waals surface area contributed by atoms with Crippen LogP contribution >= 0.6 is 0 Å². The highest BCUT2D eigenvalue weighted by molar-refractivity contribution is 5.79. The molecule has 2 heterocycles. The smallest absolute Gasteiger partial charge is 0.410 e. The second-order valence-electron chi connectivity index (χ2n) is 7.38. The van der Waals surface area contributed by atoms with Gasteiger partial charge in [0.25, 0.3) is 0 Å². The number of hydrogen-bond acceptors (Lipinski definition) is 4. The maximum atomic E-state index is 11.9. The summed E-state index contributed by atoms with van der Waals surface area (Å²) in [5, 5.41) is 3.18. The molecule has 1 unspecified atom stereocenters. The molecule has 0 saturated carbocycles. The third-order valence-electron chi connectivity index (χ3n) is 4.26. The van der Waals surface area contributed by atoms with Crippen molar-refractivity contribution in [3.05, 3.63) is 0 Å². The van der Waals surface area contributed by atoms with Crippen molar-refractivity contribution in [2.24, 2.45) is 10.7 Å². The first-order valence-electron chi connectivity index (χ1n) is 8.57. The number of rotatable bonds is 4. The predicted octanol–water partition coefficient (Wildman–Crippen LogP) is 0.994. The van der Waals surface area contributed by atoms with Crippen LogP contribution in [0.25, 0.3) is 0 Å². The monoisotopic (exact) mass is 325 g/mol. The van der Waals surface area contributed by atoms with Gasteiger partial charge in [0.1, 0.15) is 5.60 Å². The molecule has 7 nitrogen and oxygen atoms in total. The van der Waals surface area contributed by atoms with Crippen LogP contribution in [0.4, 0.5) is 4.79 Å². The van der Waals surface area contributed by atoms with Gasteiger partial charge in [0.2, 0.25) is 0 Å². The van der Waals surface area contributed by atoms with Gasteiger partial charge >= 0.3 is 6.09 Å². The number of likely N-dealkylation sites (tertiary alicyclic amines) is 2. The quantitative estimate of drug-likeness (QED) is 0.595. The standard InChI is InChI=1S/C16H31N5O2/c1-5-20-8-6-7-13(20)9-18-14(17)19-12-10-21(11-12)15(22)23-16(2,3)4/h12-13H,5-11H2,1-4H3,(H3,17,18,19). The molecular formula is C16H31N5O2. The lowest BCUT2D eigenvalue weighted by atomic mass is 10.1. The molecule has 23 heavy (non-hydrogen) atoms. The van der Waals surface area contributed by atoms with Crippen LogP contribution in [0.1, 0.15) is 40.5 Å². The van der Waals surface area contributed by atoms with E-state index in [1.807, 2.05) is 20.8 Å². The summed E-state index contributed by atoms with van der Waals surface area (Å²) in [6, 6.07) is 0.678. The topological polar surface area (TPSA) is 83.2 Å². The second kappa shape index (κ2) is 7.38. The Morgan fingerprint density at radius 1 is 1.39 bits per heavy atom. The molecule has 0 spiro atoms. The van der Waals surface area contributed by atoms with E-state index in [4.69, 9.17) is 10.5 Å². The Kier molecular flexibility index (Phi) is 5.73. The van der Waals surface area contributed by atoms with Crippen LogP contribution in [0.2, 0.25) is 0 Å². The summed E-state index contributed by atoms with van der Waals surface area (Å²) >= 11 is 0. The first-order chi connectivity index (χ1) is 10.8. The lowest BCUT2D eigenvalue weighted by Crippen LogP contribution is -2.62. The maximum Gasteiger partial charge on any atom is 0.410 e. The van der Waals surface area contributed by atoms with Gasteiger partial charge in [-0.05, 0) is 46.7 Å². The number of carbonyl (C=O) groups is 1. The van der Waals surface area contributed by atoms with Crippen LogP contribution < -0.4 is 11.1 Å². The fourth-order valence-electron chi connectivity index (χ4n) is 3.02. The Morgan fingerprint density at radius 2 is 2.09 bits per heavy atom. The molecule has 2 aliphatic heterocycles. The van der Waals surface area contributed by atoms with Crippen molar-refractivity contribution < 1.29 is 9.53 Å². The van der Waals surface area contributed by atoms with Crippen molar-refractivity contribution >= 4 is 12.1 Å². The van der Waals surface area contributed by atoms with Gasteiger partial charge in [0.05, 0.1) is 12.6 Å². The Balaban J connectivity index is 1.68. The first kappa shape index (κ1) is 17.8. The lowest BCUT2D eigenvalue weighted by molar-refractivity contribution is 0.00705. The summed E-state index contributed by atoms with van der Waals surface area (Å²) in [4.78, 5) is 20.4. The van der Waals surface area contributed by atoms with Gasteiger partial charge in [-0.1, -0.05) is 6.92 Å². The minimum atomic E-state index is -0.456. The highest BCUT2D eigenvalue weighted by atomic mass is 16.6. The molecule has 132 valence electrons. The van der Waals surface area contributed by atoms with Crippen LogP contribution in [0, 0.1) is 0 Å². The fraction of sp³-hybridized carbons (Fsp3) is 0.875. The molecule has 2 rings (SSSR count). The Labute approximate surface area is 139 Å². The molecule has 1 atom stereocenters. The average molecular weight is 325 g/mol. The Morgan fingerprint density at radius 3 is 2.70 bits per heavy atom. The second-order valence-corrected chi connectivity index (χ2v) is 7.38. The number of hydrogen-bond donors (Lipinski definition) is 2. The van der Waals surface area contributed by atoms with E-state index in [-0.39, 0.29) is 12.1 Å². The van der Waals surface area contributed by atoms with Crippen molar-refractivity contribution in [2.75, 3.05) is 32.7 Å². The number of likely N-dealkylation sites (N-methyl/N-ethyl adjacent to an activating group) is 1. The largest absolute Gasteiger partial charge is 0.444 e. The van der Waals surface area contributed by atoms with E-state index in [0.717, 1.165) is 19.6 Å². The Bertz CT molecular complexity index is 440. The summed E-state index contributed by atoms with van der Waals surface area (Å²) in [5.41, 5.74) is 5.50. The molecular weight excluding hydrogens is 294 g/mol. The minimum Gasteiger partial charge on any atom is -0.444 e. The van der Waals surface area contributed by atoms with Gasteiger partial charge in [-0.3, -0.25) is 9.89 Å². The molecule has 2 fully saturated rings. The molecule has 2 saturated heterocycles. The van der Waals surface area contributed by atoms with Crippen molar-refractivity contribution in [1.29, 1.82) is 0 Å². The summed E-state index contributed by atoms with van der Waals surface area (Å²) in [6.45, 7) is 12.0. The summed E-state index contributed by atoms with van der Waals surface area (Å²) in [5.74, 6) is 0.474. The van der Waals surface area contributed by atoms with Gasteiger partial charge < -0.3 is 20.7 Å². The molecule has 0 radical (unpaired) electrons. The SMILES string of the molecule is CCN1CCCC1CN=C(N)NC1CN(C(=O)OC(C)(C)C)C1. The molecule has 0 aromatic rings. The van der Waals surface area contributed by atoms with Crippen molar-refractivity contribution in [3.8, 4) is 0 Å². The third kappa shape index (κ3) is 5.27. The van der Waals surface area contributed by atoms with Crippen molar-refractivity contribution in [2.45, 2.75) is 58.2 Å². The van der Waals surface area contributed by atoms with E-state index in [1.165, 1.54) is 12.8 Å². The highest BCUT2D eigenvalue weighted by Gasteiger charge is 2.34. The van der Waals surface area contributed by atoms with Gasteiger partial charge in [-0.2, -0.15) is 0 Å². The summed E-state index contributed by atoms with van der Waals surface area (Å²) in [7, 11) is 0. The zero-order chi connectivity index (χ0) is 17.0. The average Bonchev–Trinajstić information content (AvgIpc) is 2.85. The predicted molar refractivity (Wildman–Crippen MR) is 91.5 cm³/mol. The van der Waals surface area contributed by atoms with Crippen LogP contribution in [-0.4, -0.2) is 72.3 Å². The fourth-order valence-corrected chi connectivity index (χ4v) is 3.02. The number of carbonyl (C=O) groups excluding carboxylic acids is 1. The van der Waals surface area contributed by atoms with Crippen molar-refractivity contribution in [3.63, 3.8) is 0 Å². The first-order valence-corrected chi connectivity index (χ1v) is 8.57. The number of amides is 1. The van der Waals surface area contributed by atoms with Gasteiger partial charge in [-0.15, -0.1) is 0 Å². The molecule has 0 aromatic carbocycles. The number of guanidine groups is 1. The maximum absolute atomic E-state index is 11.9.